The highest BCUT2D eigenvalue weighted by Gasteiger charge is 2.33. The van der Waals surface area contributed by atoms with Gasteiger partial charge in [-0.15, -0.1) is 0 Å². The van der Waals surface area contributed by atoms with E-state index in [4.69, 9.17) is 4.74 Å². The largest absolute Gasteiger partial charge is 0.375 e. The lowest BCUT2D eigenvalue weighted by atomic mass is 10.0. The van der Waals surface area contributed by atoms with Crippen LogP contribution in [0.25, 0.3) is 0 Å². The molecule has 2 saturated heterocycles. The highest BCUT2D eigenvalue weighted by atomic mass is 16.5. The Morgan fingerprint density at radius 3 is 2.50 bits per heavy atom. The van der Waals surface area contributed by atoms with E-state index < -0.39 is 0 Å². The van der Waals surface area contributed by atoms with Crippen molar-refractivity contribution in [2.45, 2.75) is 57.7 Å². The minimum Gasteiger partial charge on any atom is -0.375 e. The van der Waals surface area contributed by atoms with E-state index in [9.17, 15) is 4.79 Å². The summed E-state index contributed by atoms with van der Waals surface area (Å²) in [6.45, 7) is 6.50. The Balaban J connectivity index is 1.23. The third-order valence-electron chi connectivity index (χ3n) is 6.57. The summed E-state index contributed by atoms with van der Waals surface area (Å²) < 4.78 is 6.05. The van der Waals surface area contributed by atoms with Crippen molar-refractivity contribution >= 4 is 5.91 Å². The van der Waals surface area contributed by atoms with Crippen LogP contribution in [0, 0.1) is 6.92 Å². The van der Waals surface area contributed by atoms with Gasteiger partial charge >= 0.3 is 0 Å². The van der Waals surface area contributed by atoms with Crippen molar-refractivity contribution in [2.75, 3.05) is 26.2 Å². The molecule has 160 valence electrons. The molecule has 2 heterocycles. The summed E-state index contributed by atoms with van der Waals surface area (Å²) in [6.07, 6.45) is 5.16. The Hall–Kier alpha value is -2.17. The second kappa shape index (κ2) is 10.2. The summed E-state index contributed by atoms with van der Waals surface area (Å²) in [7, 11) is 0. The maximum Gasteiger partial charge on any atom is 0.226 e. The van der Waals surface area contributed by atoms with Crippen LogP contribution in [0.15, 0.2) is 54.6 Å². The average Bonchev–Trinajstić information content (AvgIpc) is 3.23. The molecular formula is C26H34N2O2. The zero-order valence-electron chi connectivity index (χ0n) is 18.1. The van der Waals surface area contributed by atoms with Crippen molar-refractivity contribution in [2.24, 2.45) is 0 Å². The maximum absolute atomic E-state index is 12.7. The predicted molar refractivity (Wildman–Crippen MR) is 120 cm³/mol. The molecule has 4 nitrogen and oxygen atoms in total. The first kappa shape index (κ1) is 21.1. The Morgan fingerprint density at radius 2 is 1.73 bits per heavy atom. The molecule has 4 rings (SSSR count). The van der Waals surface area contributed by atoms with Gasteiger partial charge in [-0.05, 0) is 50.3 Å². The summed E-state index contributed by atoms with van der Waals surface area (Å²) in [5, 5.41) is 0. The van der Waals surface area contributed by atoms with Gasteiger partial charge in [-0.3, -0.25) is 9.69 Å². The average molecular weight is 407 g/mol. The molecule has 0 aromatic heterocycles. The number of rotatable bonds is 7. The quantitative estimate of drug-likeness (QED) is 0.691. The van der Waals surface area contributed by atoms with Gasteiger partial charge in [0.15, 0.2) is 0 Å². The topological polar surface area (TPSA) is 32.8 Å². The van der Waals surface area contributed by atoms with E-state index >= 15 is 0 Å². The molecule has 0 N–H and O–H groups in total. The summed E-state index contributed by atoms with van der Waals surface area (Å²) in [5.74, 6) is 0.267. The summed E-state index contributed by atoms with van der Waals surface area (Å²) in [6, 6.07) is 19.8. The number of carbonyl (C=O) groups is 1. The molecule has 0 aliphatic carbocycles. The number of piperidine rings is 1. The minimum atomic E-state index is 0.267. The lowest BCUT2D eigenvalue weighted by molar-refractivity contribution is -0.132. The summed E-state index contributed by atoms with van der Waals surface area (Å²) >= 11 is 0. The lowest BCUT2D eigenvalue weighted by Gasteiger charge is -2.39. The number of aryl methyl sites for hydroxylation is 1. The normalized spacial score (nSPS) is 20.6. The standard InChI is InChI=1S/C26H34N2O2/c1-21-7-5-10-23(17-21)18-26(29)27-15-12-24(13-16-27)28-14-6-11-25(28)20-30-19-22-8-3-2-4-9-22/h2-5,7-10,17,24-25H,6,11-16,18-20H2,1H3/t25-/m0/s1. The third-order valence-corrected chi connectivity index (χ3v) is 6.57. The van der Waals surface area contributed by atoms with Crippen LogP contribution in [-0.4, -0.2) is 54.0 Å². The molecule has 2 fully saturated rings. The van der Waals surface area contributed by atoms with Gasteiger partial charge in [0.05, 0.1) is 19.6 Å². The molecule has 0 unspecified atom stereocenters. The van der Waals surface area contributed by atoms with E-state index in [1.165, 1.54) is 30.5 Å². The van der Waals surface area contributed by atoms with Crippen LogP contribution in [-0.2, 0) is 22.6 Å². The molecule has 4 heteroatoms. The first-order valence-electron chi connectivity index (χ1n) is 11.4. The predicted octanol–water partition coefficient (Wildman–Crippen LogP) is 4.21. The molecule has 0 bridgehead atoms. The molecule has 2 aromatic carbocycles. The Bertz CT molecular complexity index is 815. The van der Waals surface area contributed by atoms with Crippen LogP contribution < -0.4 is 0 Å². The fraction of sp³-hybridized carbons (Fsp3) is 0.500. The van der Waals surface area contributed by atoms with Crippen LogP contribution in [0.3, 0.4) is 0 Å². The van der Waals surface area contributed by atoms with Crippen LogP contribution in [0.1, 0.15) is 42.4 Å². The van der Waals surface area contributed by atoms with Gasteiger partial charge in [-0.25, -0.2) is 0 Å². The molecule has 30 heavy (non-hydrogen) atoms. The first-order chi connectivity index (χ1) is 14.7. The highest BCUT2D eigenvalue weighted by Crippen LogP contribution is 2.26. The van der Waals surface area contributed by atoms with Gasteiger partial charge in [-0.1, -0.05) is 60.2 Å². The smallest absolute Gasteiger partial charge is 0.226 e. The molecule has 2 aliphatic rings. The molecule has 0 spiro atoms. The van der Waals surface area contributed by atoms with Crippen molar-refractivity contribution in [3.05, 3.63) is 71.3 Å². The van der Waals surface area contributed by atoms with Crippen molar-refractivity contribution in [1.82, 2.24) is 9.80 Å². The Labute approximate surface area is 180 Å². The second-order valence-corrected chi connectivity index (χ2v) is 8.81. The number of nitrogens with zero attached hydrogens (tertiary/aromatic N) is 2. The van der Waals surface area contributed by atoms with Crippen molar-refractivity contribution in [1.29, 1.82) is 0 Å². The number of ether oxygens (including phenoxy) is 1. The number of likely N-dealkylation sites (tertiary alicyclic amines) is 2. The molecule has 1 atom stereocenters. The van der Waals surface area contributed by atoms with E-state index in [2.05, 4.69) is 59.2 Å². The van der Waals surface area contributed by atoms with Gasteiger partial charge in [0.2, 0.25) is 5.91 Å². The molecule has 1 amide bonds. The lowest BCUT2D eigenvalue weighted by Crippen LogP contribution is -2.49. The first-order valence-corrected chi connectivity index (χ1v) is 11.4. The van der Waals surface area contributed by atoms with Crippen LogP contribution in [0.2, 0.25) is 0 Å². The monoisotopic (exact) mass is 406 g/mol. The Morgan fingerprint density at radius 1 is 0.967 bits per heavy atom. The fourth-order valence-corrected chi connectivity index (χ4v) is 4.96. The van der Waals surface area contributed by atoms with Crippen LogP contribution in [0.4, 0.5) is 0 Å². The van der Waals surface area contributed by atoms with Crippen molar-refractivity contribution in [3.63, 3.8) is 0 Å². The fourth-order valence-electron chi connectivity index (χ4n) is 4.96. The Kier molecular flexibility index (Phi) is 7.19. The maximum atomic E-state index is 12.7. The van der Waals surface area contributed by atoms with Gasteiger partial charge < -0.3 is 9.64 Å². The van der Waals surface area contributed by atoms with E-state index in [0.717, 1.165) is 38.1 Å². The van der Waals surface area contributed by atoms with Gasteiger partial charge in [-0.2, -0.15) is 0 Å². The van der Waals surface area contributed by atoms with Gasteiger partial charge in [0, 0.05) is 25.2 Å². The SMILES string of the molecule is Cc1cccc(CC(=O)N2CCC(N3CCC[C@H]3COCc3ccccc3)CC2)c1. The summed E-state index contributed by atoms with van der Waals surface area (Å²) in [4.78, 5) is 17.5. The molecule has 0 saturated carbocycles. The third kappa shape index (κ3) is 5.50. The van der Waals surface area contributed by atoms with Gasteiger partial charge in [0.25, 0.3) is 0 Å². The number of carbonyl (C=O) groups excluding carboxylic acids is 1. The highest BCUT2D eigenvalue weighted by molar-refractivity contribution is 5.78. The molecule has 0 radical (unpaired) electrons. The van der Waals surface area contributed by atoms with E-state index in [1.807, 2.05) is 12.1 Å². The zero-order valence-corrected chi connectivity index (χ0v) is 18.1. The number of hydrogen-bond acceptors (Lipinski definition) is 3. The minimum absolute atomic E-state index is 0.267. The number of hydrogen-bond donors (Lipinski definition) is 0. The zero-order chi connectivity index (χ0) is 20.8. The van der Waals surface area contributed by atoms with Crippen LogP contribution >= 0.6 is 0 Å². The number of benzene rings is 2. The van der Waals surface area contributed by atoms with E-state index in [0.29, 0.717) is 25.1 Å². The van der Waals surface area contributed by atoms with E-state index in [-0.39, 0.29) is 5.91 Å². The van der Waals surface area contributed by atoms with Crippen molar-refractivity contribution < 1.29 is 9.53 Å². The van der Waals surface area contributed by atoms with Crippen molar-refractivity contribution in [3.8, 4) is 0 Å². The molecule has 2 aliphatic heterocycles. The van der Waals surface area contributed by atoms with Crippen LogP contribution in [0.5, 0.6) is 0 Å². The van der Waals surface area contributed by atoms with Gasteiger partial charge in [0.1, 0.15) is 0 Å². The molecule has 2 aromatic rings. The summed E-state index contributed by atoms with van der Waals surface area (Å²) in [5.41, 5.74) is 3.58. The number of amides is 1. The van der Waals surface area contributed by atoms with E-state index in [1.54, 1.807) is 0 Å². The molecular weight excluding hydrogens is 372 g/mol. The second-order valence-electron chi connectivity index (χ2n) is 8.81.